The highest BCUT2D eigenvalue weighted by atomic mass is 16.5. The van der Waals surface area contributed by atoms with Crippen molar-refractivity contribution in [2.45, 2.75) is 13.8 Å². The second kappa shape index (κ2) is 4.13. The van der Waals surface area contributed by atoms with E-state index in [1.807, 2.05) is 0 Å². The van der Waals surface area contributed by atoms with E-state index < -0.39 is 5.97 Å². The van der Waals surface area contributed by atoms with Crippen LogP contribution in [0.4, 0.5) is 0 Å². The van der Waals surface area contributed by atoms with Gasteiger partial charge in [0.05, 0.1) is 25.3 Å². The second-order valence-corrected chi connectivity index (χ2v) is 3.10. The summed E-state index contributed by atoms with van der Waals surface area (Å²) < 4.78 is 4.81. The Morgan fingerprint density at radius 1 is 1.50 bits per heavy atom. The van der Waals surface area contributed by atoms with Gasteiger partial charge in [-0.05, 0) is 6.92 Å². The molecule has 0 radical (unpaired) electrons. The summed E-state index contributed by atoms with van der Waals surface area (Å²) in [4.78, 5) is 23.8. The SMILES string of the molecule is CCOC(=O)C1=C(N)CN(C(C)=O)C1. The van der Waals surface area contributed by atoms with E-state index >= 15 is 0 Å². The maximum Gasteiger partial charge on any atom is 0.337 e. The molecule has 0 aromatic heterocycles. The minimum atomic E-state index is -0.422. The molecule has 1 heterocycles. The number of rotatable bonds is 2. The zero-order valence-electron chi connectivity index (χ0n) is 8.37. The molecule has 0 fully saturated rings. The van der Waals surface area contributed by atoms with E-state index in [9.17, 15) is 9.59 Å². The lowest BCUT2D eigenvalue weighted by Gasteiger charge is -2.12. The van der Waals surface area contributed by atoms with E-state index in [2.05, 4.69) is 0 Å². The molecule has 5 heteroatoms. The van der Waals surface area contributed by atoms with Gasteiger partial charge in [-0.25, -0.2) is 4.79 Å². The van der Waals surface area contributed by atoms with Crippen molar-refractivity contribution < 1.29 is 14.3 Å². The fourth-order valence-corrected chi connectivity index (χ4v) is 1.29. The van der Waals surface area contributed by atoms with Crippen LogP contribution in [-0.2, 0) is 14.3 Å². The molecule has 0 unspecified atom stereocenters. The third-order valence-corrected chi connectivity index (χ3v) is 2.06. The van der Waals surface area contributed by atoms with E-state index in [-0.39, 0.29) is 12.5 Å². The average molecular weight is 198 g/mol. The Kier molecular flexibility index (Phi) is 3.11. The monoisotopic (exact) mass is 198 g/mol. The molecule has 1 aliphatic rings. The van der Waals surface area contributed by atoms with Crippen molar-refractivity contribution >= 4 is 11.9 Å². The summed E-state index contributed by atoms with van der Waals surface area (Å²) in [6.45, 7) is 4.08. The smallest absolute Gasteiger partial charge is 0.337 e. The van der Waals surface area contributed by atoms with Crippen molar-refractivity contribution in [1.29, 1.82) is 0 Å². The van der Waals surface area contributed by atoms with Gasteiger partial charge in [0.15, 0.2) is 0 Å². The number of nitrogens with two attached hydrogens (primary N) is 1. The first-order valence-electron chi connectivity index (χ1n) is 4.46. The standard InChI is InChI=1S/C9H14N2O3/c1-3-14-9(13)7-4-11(6(2)12)5-8(7)10/h3-5,10H2,1-2H3. The fourth-order valence-electron chi connectivity index (χ4n) is 1.29. The number of esters is 1. The number of ether oxygens (including phenoxy) is 1. The minimum Gasteiger partial charge on any atom is -0.463 e. The zero-order chi connectivity index (χ0) is 10.7. The van der Waals surface area contributed by atoms with Crippen molar-refractivity contribution in [2.24, 2.45) is 5.73 Å². The van der Waals surface area contributed by atoms with Gasteiger partial charge in [-0.1, -0.05) is 0 Å². The van der Waals surface area contributed by atoms with Crippen LogP contribution in [-0.4, -0.2) is 36.5 Å². The Morgan fingerprint density at radius 2 is 2.14 bits per heavy atom. The third kappa shape index (κ3) is 2.04. The van der Waals surface area contributed by atoms with E-state index in [0.29, 0.717) is 24.4 Å². The number of carbonyl (C=O) groups is 2. The lowest BCUT2D eigenvalue weighted by atomic mass is 10.2. The molecule has 5 nitrogen and oxygen atoms in total. The normalized spacial score (nSPS) is 16.0. The molecule has 0 aliphatic carbocycles. The lowest BCUT2D eigenvalue weighted by Crippen LogP contribution is -2.28. The van der Waals surface area contributed by atoms with E-state index in [0.717, 1.165) is 0 Å². The largest absolute Gasteiger partial charge is 0.463 e. The molecule has 2 N–H and O–H groups in total. The second-order valence-electron chi connectivity index (χ2n) is 3.10. The van der Waals surface area contributed by atoms with Crippen LogP contribution >= 0.6 is 0 Å². The molecule has 0 aromatic rings. The van der Waals surface area contributed by atoms with Crippen LogP contribution in [0.2, 0.25) is 0 Å². The Bertz CT molecular complexity index is 296. The van der Waals surface area contributed by atoms with Crippen molar-refractivity contribution in [3.63, 3.8) is 0 Å². The van der Waals surface area contributed by atoms with Crippen LogP contribution in [0.5, 0.6) is 0 Å². The van der Waals surface area contributed by atoms with Gasteiger partial charge in [-0.2, -0.15) is 0 Å². The maximum absolute atomic E-state index is 11.3. The topological polar surface area (TPSA) is 72.6 Å². The zero-order valence-corrected chi connectivity index (χ0v) is 8.37. The van der Waals surface area contributed by atoms with Crippen molar-refractivity contribution in [3.05, 3.63) is 11.3 Å². The summed E-state index contributed by atoms with van der Waals surface area (Å²) in [7, 11) is 0. The average Bonchev–Trinajstić information content (AvgIpc) is 2.48. The molecule has 1 aliphatic heterocycles. The number of nitrogens with zero attached hydrogens (tertiary/aromatic N) is 1. The van der Waals surface area contributed by atoms with Gasteiger partial charge < -0.3 is 15.4 Å². The highest BCUT2D eigenvalue weighted by molar-refractivity contribution is 5.92. The summed E-state index contributed by atoms with van der Waals surface area (Å²) in [6.07, 6.45) is 0. The third-order valence-electron chi connectivity index (χ3n) is 2.06. The Labute approximate surface area is 82.5 Å². The molecule has 14 heavy (non-hydrogen) atoms. The summed E-state index contributed by atoms with van der Waals surface area (Å²) >= 11 is 0. The number of carbonyl (C=O) groups excluding carboxylic acids is 2. The van der Waals surface area contributed by atoms with Crippen molar-refractivity contribution in [2.75, 3.05) is 19.7 Å². The molecule has 0 atom stereocenters. The van der Waals surface area contributed by atoms with Gasteiger partial charge in [0.25, 0.3) is 0 Å². The van der Waals surface area contributed by atoms with Crippen LogP contribution in [0.15, 0.2) is 11.3 Å². The molecule has 0 aromatic carbocycles. The fraction of sp³-hybridized carbons (Fsp3) is 0.556. The molecule has 0 saturated carbocycles. The predicted molar refractivity (Wildman–Crippen MR) is 50.1 cm³/mol. The molecule has 0 spiro atoms. The quantitative estimate of drug-likeness (QED) is 0.614. The predicted octanol–water partition coefficient (Wildman–Crippen LogP) is -0.376. The molecule has 0 saturated heterocycles. The first-order valence-corrected chi connectivity index (χ1v) is 4.46. The Hall–Kier alpha value is -1.52. The van der Waals surface area contributed by atoms with E-state index in [4.69, 9.17) is 10.5 Å². The molecule has 1 rings (SSSR count). The van der Waals surface area contributed by atoms with Crippen LogP contribution in [0, 0.1) is 0 Å². The minimum absolute atomic E-state index is 0.0905. The van der Waals surface area contributed by atoms with Crippen molar-refractivity contribution in [3.8, 4) is 0 Å². The molecule has 78 valence electrons. The van der Waals surface area contributed by atoms with Gasteiger partial charge >= 0.3 is 5.97 Å². The van der Waals surface area contributed by atoms with Crippen LogP contribution < -0.4 is 5.73 Å². The summed E-state index contributed by atoms with van der Waals surface area (Å²) in [5.41, 5.74) is 6.46. The van der Waals surface area contributed by atoms with Crippen LogP contribution in [0.3, 0.4) is 0 Å². The molecular weight excluding hydrogens is 184 g/mol. The van der Waals surface area contributed by atoms with Gasteiger partial charge in [0, 0.05) is 12.6 Å². The summed E-state index contributed by atoms with van der Waals surface area (Å²) in [5.74, 6) is -0.513. The number of amides is 1. The van der Waals surface area contributed by atoms with Gasteiger partial charge in [-0.3, -0.25) is 4.79 Å². The first kappa shape index (κ1) is 10.6. The van der Waals surface area contributed by atoms with Gasteiger partial charge in [0.2, 0.25) is 5.91 Å². The summed E-state index contributed by atoms with van der Waals surface area (Å²) in [5, 5.41) is 0. The van der Waals surface area contributed by atoms with Crippen LogP contribution in [0.1, 0.15) is 13.8 Å². The molecule has 0 bridgehead atoms. The molecular formula is C9H14N2O3. The molecule has 1 amide bonds. The van der Waals surface area contributed by atoms with Crippen molar-refractivity contribution in [1.82, 2.24) is 4.90 Å². The number of hydrogen-bond acceptors (Lipinski definition) is 4. The maximum atomic E-state index is 11.3. The van der Waals surface area contributed by atoms with E-state index in [1.54, 1.807) is 6.92 Å². The number of hydrogen-bond donors (Lipinski definition) is 1. The van der Waals surface area contributed by atoms with E-state index in [1.165, 1.54) is 11.8 Å². The van der Waals surface area contributed by atoms with Crippen LogP contribution in [0.25, 0.3) is 0 Å². The van der Waals surface area contributed by atoms with Gasteiger partial charge in [-0.15, -0.1) is 0 Å². The van der Waals surface area contributed by atoms with Gasteiger partial charge in [0.1, 0.15) is 0 Å². The Morgan fingerprint density at radius 3 is 2.57 bits per heavy atom. The Balaban J connectivity index is 2.67. The highest BCUT2D eigenvalue weighted by Crippen LogP contribution is 2.14. The summed E-state index contributed by atoms with van der Waals surface area (Å²) in [6, 6.07) is 0. The lowest BCUT2D eigenvalue weighted by molar-refractivity contribution is -0.138. The highest BCUT2D eigenvalue weighted by Gasteiger charge is 2.27. The first-order chi connectivity index (χ1) is 6.56.